The summed E-state index contributed by atoms with van der Waals surface area (Å²) in [5.74, 6) is -0.686. The van der Waals surface area contributed by atoms with Gasteiger partial charge in [0.15, 0.2) is 0 Å². The summed E-state index contributed by atoms with van der Waals surface area (Å²) >= 11 is 0. The number of hydrogen-bond donors (Lipinski definition) is 0. The van der Waals surface area contributed by atoms with Crippen LogP contribution in [-0.2, 0) is 16.6 Å². The number of nitriles is 1. The molecule has 9 heteroatoms. The Morgan fingerprint density at radius 3 is 2.51 bits per heavy atom. The maximum Gasteiger partial charge on any atom is 0.268 e. The molecule has 0 saturated carbocycles. The van der Waals surface area contributed by atoms with Gasteiger partial charge in [-0.1, -0.05) is 23.8 Å². The van der Waals surface area contributed by atoms with E-state index in [4.69, 9.17) is 0 Å². The van der Waals surface area contributed by atoms with Gasteiger partial charge in [-0.2, -0.15) is 5.26 Å². The van der Waals surface area contributed by atoms with Gasteiger partial charge in [0.25, 0.3) is 10.0 Å². The van der Waals surface area contributed by atoms with Gasteiger partial charge in [0.05, 0.1) is 10.4 Å². The molecule has 7 nitrogen and oxygen atoms in total. The topological polar surface area (TPSA) is 86.4 Å². The van der Waals surface area contributed by atoms with Gasteiger partial charge in [-0.25, -0.2) is 16.8 Å². The molecule has 1 fully saturated rings. The van der Waals surface area contributed by atoms with Crippen LogP contribution in [0, 0.1) is 18.3 Å². The van der Waals surface area contributed by atoms with Gasteiger partial charge < -0.3 is 4.90 Å². The fourth-order valence-corrected chi connectivity index (χ4v) is 5.80. The molecule has 35 heavy (non-hydrogen) atoms. The largest absolute Gasteiger partial charge is 0.382 e. The normalized spacial score (nSPS) is 17.0. The van der Waals surface area contributed by atoms with Crippen molar-refractivity contribution in [1.29, 1.82) is 5.26 Å². The average molecular weight is 495 g/mol. The monoisotopic (exact) mass is 494 g/mol. The standard InChI is InChI=1S/C26H27FN4O3S/c1-18-4-7-23(8-5-18)35(33,34)31-24-9-6-19(15-30-11-10-22(27)17-30)12-20(24)13-25(31)26(32)21(14-28)16-29(2)3/h4-9,12-13,16,22H,10-11,15,17H2,1-3H3/b21-16-/t22-/m1/s1. The van der Waals surface area contributed by atoms with Gasteiger partial charge in [0.2, 0.25) is 5.78 Å². The minimum atomic E-state index is -4.14. The van der Waals surface area contributed by atoms with Crippen LogP contribution in [0.2, 0.25) is 0 Å². The fraction of sp³-hybridized carbons (Fsp3) is 0.308. The van der Waals surface area contributed by atoms with Crippen molar-refractivity contribution < 1.29 is 17.6 Å². The summed E-state index contributed by atoms with van der Waals surface area (Å²) in [6.07, 6.45) is 1.03. The number of nitrogens with zero attached hydrogens (tertiary/aromatic N) is 4. The molecule has 182 valence electrons. The van der Waals surface area contributed by atoms with Gasteiger partial charge in [-0.3, -0.25) is 9.69 Å². The van der Waals surface area contributed by atoms with Crippen LogP contribution in [0.4, 0.5) is 4.39 Å². The van der Waals surface area contributed by atoms with Crippen LogP contribution < -0.4 is 0 Å². The molecule has 0 aliphatic carbocycles. The minimum absolute atomic E-state index is 0.0416. The first-order chi connectivity index (χ1) is 16.6. The number of halogens is 1. The lowest BCUT2D eigenvalue weighted by Gasteiger charge is -2.15. The second-order valence-electron chi connectivity index (χ2n) is 9.07. The molecule has 1 aliphatic heterocycles. The number of carbonyl (C=O) groups excluding carboxylic acids is 1. The van der Waals surface area contributed by atoms with Crippen LogP contribution in [-0.4, -0.2) is 61.3 Å². The number of Topliss-reactive ketones (excluding diaryl/α,β-unsaturated/α-hetero) is 1. The minimum Gasteiger partial charge on any atom is -0.382 e. The third kappa shape index (κ3) is 4.99. The molecule has 0 bridgehead atoms. The van der Waals surface area contributed by atoms with E-state index in [9.17, 15) is 22.9 Å². The SMILES string of the molecule is Cc1ccc(S(=O)(=O)n2c(C(=O)/C(C#N)=C\N(C)C)cc3cc(CN4CC[C@@H](F)C4)ccc32)cc1. The molecule has 0 N–H and O–H groups in total. The highest BCUT2D eigenvalue weighted by molar-refractivity contribution is 7.90. The Morgan fingerprint density at radius 1 is 1.20 bits per heavy atom. The van der Waals surface area contributed by atoms with E-state index >= 15 is 0 Å². The van der Waals surface area contributed by atoms with Crippen LogP contribution in [0.25, 0.3) is 10.9 Å². The molecule has 3 aromatic rings. The number of alkyl halides is 1. The molecule has 1 aromatic heterocycles. The Bertz CT molecular complexity index is 1450. The van der Waals surface area contributed by atoms with E-state index in [0.29, 0.717) is 37.0 Å². The summed E-state index contributed by atoms with van der Waals surface area (Å²) in [4.78, 5) is 17.0. The predicted molar refractivity (Wildman–Crippen MR) is 132 cm³/mol. The zero-order chi connectivity index (χ0) is 25.3. The van der Waals surface area contributed by atoms with Crippen molar-refractivity contribution in [3.05, 3.63) is 77.1 Å². The summed E-state index contributed by atoms with van der Waals surface area (Å²) in [6, 6.07) is 15.1. The summed E-state index contributed by atoms with van der Waals surface area (Å²) < 4.78 is 42.1. The third-order valence-corrected chi connectivity index (χ3v) is 7.73. The van der Waals surface area contributed by atoms with E-state index in [1.165, 1.54) is 24.4 Å². The molecule has 1 saturated heterocycles. The molecule has 0 unspecified atom stereocenters. The van der Waals surface area contributed by atoms with Crippen LogP contribution in [0.5, 0.6) is 0 Å². The molecule has 0 spiro atoms. The Balaban J connectivity index is 1.87. The van der Waals surface area contributed by atoms with Crippen LogP contribution >= 0.6 is 0 Å². The Kier molecular flexibility index (Phi) is 6.79. The number of aromatic nitrogens is 1. The molecule has 2 aromatic carbocycles. The number of rotatable bonds is 7. The van der Waals surface area contributed by atoms with Gasteiger partial charge in [-0.15, -0.1) is 0 Å². The summed E-state index contributed by atoms with van der Waals surface area (Å²) in [7, 11) is -0.789. The maximum absolute atomic E-state index is 13.7. The number of aryl methyl sites for hydroxylation is 1. The quantitative estimate of drug-likeness (QED) is 0.282. The van der Waals surface area contributed by atoms with Crippen molar-refractivity contribution >= 4 is 26.7 Å². The first-order valence-electron chi connectivity index (χ1n) is 11.3. The van der Waals surface area contributed by atoms with E-state index in [2.05, 4.69) is 0 Å². The van der Waals surface area contributed by atoms with Crippen molar-refractivity contribution in [2.45, 2.75) is 31.0 Å². The molecule has 0 amide bonds. The van der Waals surface area contributed by atoms with Gasteiger partial charge in [-0.05, 0) is 49.2 Å². The summed E-state index contributed by atoms with van der Waals surface area (Å²) in [5.41, 5.74) is 1.84. The number of benzene rings is 2. The second-order valence-corrected chi connectivity index (χ2v) is 10.9. The Morgan fingerprint density at radius 2 is 1.91 bits per heavy atom. The summed E-state index contributed by atoms with van der Waals surface area (Å²) in [5, 5.41) is 10.1. The van der Waals surface area contributed by atoms with Crippen molar-refractivity contribution in [1.82, 2.24) is 13.8 Å². The third-order valence-electron chi connectivity index (χ3n) is 5.99. The van der Waals surface area contributed by atoms with E-state index in [1.54, 1.807) is 43.3 Å². The first kappa shape index (κ1) is 24.6. The lowest BCUT2D eigenvalue weighted by Crippen LogP contribution is -2.20. The zero-order valence-corrected chi connectivity index (χ0v) is 20.7. The zero-order valence-electron chi connectivity index (χ0n) is 19.9. The van der Waals surface area contributed by atoms with Gasteiger partial charge >= 0.3 is 0 Å². The number of ketones is 1. The van der Waals surface area contributed by atoms with Crippen molar-refractivity contribution in [3.63, 3.8) is 0 Å². The Labute approximate surface area is 204 Å². The fourth-order valence-electron chi connectivity index (χ4n) is 4.29. The van der Waals surface area contributed by atoms with Gasteiger partial charge in [0.1, 0.15) is 23.5 Å². The highest BCUT2D eigenvalue weighted by atomic mass is 32.2. The van der Waals surface area contributed by atoms with Crippen molar-refractivity contribution in [3.8, 4) is 6.07 Å². The van der Waals surface area contributed by atoms with Crippen LogP contribution in [0.15, 0.2) is 65.2 Å². The molecule has 4 rings (SSSR count). The van der Waals surface area contributed by atoms with E-state index in [1.807, 2.05) is 24.0 Å². The number of fused-ring (bicyclic) bond motifs is 1. The van der Waals surface area contributed by atoms with Gasteiger partial charge in [0, 0.05) is 45.3 Å². The molecule has 1 atom stereocenters. The number of allylic oxidation sites excluding steroid dienone is 1. The van der Waals surface area contributed by atoms with Crippen LogP contribution in [0.3, 0.4) is 0 Å². The Hall–Kier alpha value is -3.48. The highest BCUT2D eigenvalue weighted by Gasteiger charge is 2.29. The lowest BCUT2D eigenvalue weighted by molar-refractivity contribution is 0.103. The predicted octanol–water partition coefficient (Wildman–Crippen LogP) is 3.88. The molecule has 2 heterocycles. The van der Waals surface area contributed by atoms with Crippen molar-refractivity contribution in [2.75, 3.05) is 27.2 Å². The summed E-state index contributed by atoms with van der Waals surface area (Å²) in [6.45, 7) is 3.41. The number of likely N-dealkylation sites (tertiary alicyclic amines) is 1. The second kappa shape index (κ2) is 9.64. The lowest BCUT2D eigenvalue weighted by atomic mass is 10.1. The maximum atomic E-state index is 13.7. The average Bonchev–Trinajstić information content (AvgIpc) is 3.40. The molecule has 1 aliphatic rings. The number of hydrogen-bond acceptors (Lipinski definition) is 6. The molecular weight excluding hydrogens is 467 g/mol. The highest BCUT2D eigenvalue weighted by Crippen LogP contribution is 2.29. The number of carbonyl (C=O) groups is 1. The van der Waals surface area contributed by atoms with Crippen LogP contribution in [0.1, 0.15) is 28.0 Å². The van der Waals surface area contributed by atoms with Crippen molar-refractivity contribution in [2.24, 2.45) is 0 Å². The molecule has 0 radical (unpaired) electrons. The van der Waals surface area contributed by atoms with E-state index in [-0.39, 0.29) is 16.2 Å². The molecular formula is C26H27FN4O3S. The first-order valence-corrected chi connectivity index (χ1v) is 12.7. The smallest absolute Gasteiger partial charge is 0.268 e. The van der Waals surface area contributed by atoms with E-state index < -0.39 is 22.0 Å². The van der Waals surface area contributed by atoms with E-state index in [0.717, 1.165) is 15.1 Å².